The fraction of sp³-hybridized carbons (Fsp3) is 0.500. The predicted molar refractivity (Wildman–Crippen MR) is 83.0 cm³/mol. The minimum atomic E-state index is -0.659. The van der Waals surface area contributed by atoms with Crippen molar-refractivity contribution in [2.75, 3.05) is 5.43 Å². The Morgan fingerprint density at radius 3 is 2.59 bits per heavy atom. The van der Waals surface area contributed by atoms with Crippen LogP contribution in [0.4, 0.5) is 17.1 Å². The lowest BCUT2D eigenvalue weighted by Crippen LogP contribution is -2.25. The van der Waals surface area contributed by atoms with Gasteiger partial charge in [0.2, 0.25) is 0 Å². The quantitative estimate of drug-likeness (QED) is 0.673. The highest BCUT2D eigenvalue weighted by Crippen LogP contribution is 2.30. The topological polar surface area (TPSA) is 111 Å². The van der Waals surface area contributed by atoms with E-state index in [1.54, 1.807) is 0 Å². The van der Waals surface area contributed by atoms with E-state index in [1.165, 1.54) is 12.1 Å². The van der Waals surface area contributed by atoms with E-state index >= 15 is 0 Å². The molecule has 0 spiro atoms. The molecule has 2 atom stereocenters. The molecule has 1 saturated carbocycles. The highest BCUT2D eigenvalue weighted by Gasteiger charge is 2.24. The average molecular weight is 306 g/mol. The van der Waals surface area contributed by atoms with E-state index in [1.807, 2.05) is 0 Å². The Morgan fingerprint density at radius 2 is 1.95 bits per heavy atom. The maximum atomic E-state index is 11.1. The number of nitro groups is 2. The lowest BCUT2D eigenvalue weighted by Gasteiger charge is -2.27. The Kier molecular flexibility index (Phi) is 4.69. The number of hydrogen-bond acceptors (Lipinski definition) is 6. The van der Waals surface area contributed by atoms with Crippen molar-refractivity contribution in [1.29, 1.82) is 0 Å². The van der Waals surface area contributed by atoms with E-state index in [4.69, 9.17) is 0 Å². The van der Waals surface area contributed by atoms with Crippen LogP contribution in [0.2, 0.25) is 0 Å². The van der Waals surface area contributed by atoms with E-state index in [9.17, 15) is 20.2 Å². The van der Waals surface area contributed by atoms with Crippen molar-refractivity contribution in [1.82, 2.24) is 0 Å². The average Bonchev–Trinajstić information content (AvgIpc) is 2.48. The molecule has 1 aromatic rings. The van der Waals surface area contributed by atoms with Gasteiger partial charge in [-0.25, -0.2) is 0 Å². The van der Waals surface area contributed by atoms with Crippen LogP contribution in [-0.2, 0) is 0 Å². The Labute approximate surface area is 127 Å². The van der Waals surface area contributed by atoms with Crippen LogP contribution in [0.1, 0.15) is 33.1 Å². The third-order valence-electron chi connectivity index (χ3n) is 4.18. The van der Waals surface area contributed by atoms with Crippen LogP contribution in [0.15, 0.2) is 23.3 Å². The van der Waals surface area contributed by atoms with Gasteiger partial charge in [-0.2, -0.15) is 5.10 Å². The molecule has 1 N–H and O–H groups in total. The highest BCUT2D eigenvalue weighted by molar-refractivity contribution is 5.88. The summed E-state index contributed by atoms with van der Waals surface area (Å²) in [5.74, 6) is 0.847. The zero-order valence-electron chi connectivity index (χ0n) is 12.5. The molecule has 0 heterocycles. The maximum Gasteiger partial charge on any atom is 0.301 e. The molecular formula is C14H18N4O4. The van der Waals surface area contributed by atoms with Crippen molar-refractivity contribution in [3.8, 4) is 0 Å². The minimum absolute atomic E-state index is 0.161. The summed E-state index contributed by atoms with van der Waals surface area (Å²) in [5, 5.41) is 26.1. The van der Waals surface area contributed by atoms with E-state index in [2.05, 4.69) is 24.4 Å². The number of nitrogens with one attached hydrogen (secondary N) is 1. The molecule has 0 aliphatic heterocycles. The normalized spacial score (nSPS) is 23.3. The standard InChI is InChI=1S/C14H18N4O4/c1-9-4-3-5-12(10(9)2)15-16-13-7-6-11(17(19)20)8-14(13)18(21)22/h6-10,16H,3-5H2,1-2H3/t9-,10+/m0/s1. The second kappa shape index (κ2) is 6.50. The molecular weight excluding hydrogens is 288 g/mol. The number of nitro benzene ring substituents is 2. The molecule has 0 bridgehead atoms. The van der Waals surface area contributed by atoms with Gasteiger partial charge >= 0.3 is 5.69 Å². The fourth-order valence-electron chi connectivity index (χ4n) is 2.58. The van der Waals surface area contributed by atoms with Crippen molar-refractivity contribution < 1.29 is 9.85 Å². The van der Waals surface area contributed by atoms with Crippen molar-refractivity contribution in [3.63, 3.8) is 0 Å². The Morgan fingerprint density at radius 1 is 1.23 bits per heavy atom. The maximum absolute atomic E-state index is 11.1. The van der Waals surface area contributed by atoms with Gasteiger partial charge in [0.05, 0.1) is 15.9 Å². The molecule has 1 aromatic carbocycles. The van der Waals surface area contributed by atoms with Crippen molar-refractivity contribution in [3.05, 3.63) is 38.4 Å². The van der Waals surface area contributed by atoms with Gasteiger partial charge in [-0.05, 0) is 37.2 Å². The molecule has 1 aliphatic rings. The summed E-state index contributed by atoms with van der Waals surface area (Å²) in [7, 11) is 0. The second-order valence-electron chi connectivity index (χ2n) is 5.59. The number of non-ortho nitro benzene ring substituents is 1. The van der Waals surface area contributed by atoms with Crippen molar-refractivity contribution in [2.24, 2.45) is 16.9 Å². The lowest BCUT2D eigenvalue weighted by atomic mass is 9.80. The molecule has 0 amide bonds. The summed E-state index contributed by atoms with van der Waals surface area (Å²) < 4.78 is 0. The first-order valence-corrected chi connectivity index (χ1v) is 7.15. The van der Waals surface area contributed by atoms with E-state index in [-0.39, 0.29) is 17.1 Å². The van der Waals surface area contributed by atoms with Crippen LogP contribution in [-0.4, -0.2) is 15.6 Å². The van der Waals surface area contributed by atoms with Crippen LogP contribution < -0.4 is 5.43 Å². The summed E-state index contributed by atoms with van der Waals surface area (Å²) in [6.45, 7) is 4.25. The van der Waals surface area contributed by atoms with Gasteiger partial charge < -0.3 is 0 Å². The van der Waals surface area contributed by atoms with E-state index in [0.717, 1.165) is 31.0 Å². The Hall–Kier alpha value is -2.51. The first kappa shape index (κ1) is 15.9. The molecule has 2 rings (SSSR count). The van der Waals surface area contributed by atoms with Gasteiger partial charge in [0.1, 0.15) is 5.69 Å². The molecule has 0 unspecified atom stereocenters. The van der Waals surface area contributed by atoms with Crippen LogP contribution in [0.25, 0.3) is 0 Å². The van der Waals surface area contributed by atoms with Crippen LogP contribution >= 0.6 is 0 Å². The highest BCUT2D eigenvalue weighted by atomic mass is 16.6. The molecule has 0 radical (unpaired) electrons. The third-order valence-corrected chi connectivity index (χ3v) is 4.18. The van der Waals surface area contributed by atoms with Gasteiger partial charge in [-0.1, -0.05) is 13.8 Å². The Balaban J connectivity index is 2.25. The van der Waals surface area contributed by atoms with Crippen LogP contribution in [0.5, 0.6) is 0 Å². The fourth-order valence-corrected chi connectivity index (χ4v) is 2.58. The van der Waals surface area contributed by atoms with Crippen LogP contribution in [0, 0.1) is 32.1 Å². The molecule has 8 nitrogen and oxygen atoms in total. The summed E-state index contributed by atoms with van der Waals surface area (Å²) in [4.78, 5) is 20.5. The van der Waals surface area contributed by atoms with Gasteiger partial charge in [0, 0.05) is 11.8 Å². The largest absolute Gasteiger partial charge is 0.301 e. The molecule has 1 aliphatic carbocycles. The molecule has 8 heteroatoms. The first-order valence-electron chi connectivity index (χ1n) is 7.15. The van der Waals surface area contributed by atoms with Gasteiger partial charge in [0.15, 0.2) is 0 Å². The number of nitrogens with zero attached hydrogens (tertiary/aromatic N) is 3. The SMILES string of the molecule is C[C@H]1CCCC(=NNc2ccc([N+](=O)[O-])cc2[N+](=O)[O-])[C@@H]1C. The summed E-state index contributed by atoms with van der Waals surface area (Å²) >= 11 is 0. The molecule has 22 heavy (non-hydrogen) atoms. The molecule has 0 aromatic heterocycles. The second-order valence-corrected chi connectivity index (χ2v) is 5.59. The zero-order chi connectivity index (χ0) is 16.3. The van der Waals surface area contributed by atoms with Gasteiger partial charge in [-0.15, -0.1) is 0 Å². The zero-order valence-corrected chi connectivity index (χ0v) is 12.5. The number of hydrazone groups is 1. The Bertz CT molecular complexity index is 629. The molecule has 118 valence electrons. The number of rotatable bonds is 4. The minimum Gasteiger partial charge on any atom is -0.272 e. The van der Waals surface area contributed by atoms with Gasteiger partial charge in [0.25, 0.3) is 5.69 Å². The number of benzene rings is 1. The van der Waals surface area contributed by atoms with Crippen LogP contribution in [0.3, 0.4) is 0 Å². The third kappa shape index (κ3) is 3.38. The molecule has 1 fully saturated rings. The van der Waals surface area contributed by atoms with Crippen molar-refractivity contribution in [2.45, 2.75) is 33.1 Å². The summed E-state index contributed by atoms with van der Waals surface area (Å²) in [5.41, 5.74) is 3.18. The number of anilines is 1. The van der Waals surface area contributed by atoms with Gasteiger partial charge in [-0.3, -0.25) is 25.7 Å². The molecule has 0 saturated heterocycles. The van der Waals surface area contributed by atoms with Crippen molar-refractivity contribution >= 4 is 22.8 Å². The number of hydrogen-bond donors (Lipinski definition) is 1. The summed E-state index contributed by atoms with van der Waals surface area (Å²) in [6.07, 6.45) is 3.06. The van der Waals surface area contributed by atoms with E-state index < -0.39 is 9.85 Å². The smallest absolute Gasteiger partial charge is 0.272 e. The monoisotopic (exact) mass is 306 g/mol. The van der Waals surface area contributed by atoms with E-state index in [0.29, 0.717) is 11.8 Å². The first-order chi connectivity index (χ1) is 10.4. The lowest BCUT2D eigenvalue weighted by molar-refractivity contribution is -0.393. The predicted octanol–water partition coefficient (Wildman–Crippen LogP) is 3.73. The summed E-state index contributed by atoms with van der Waals surface area (Å²) in [6, 6.07) is 3.48.